The summed E-state index contributed by atoms with van der Waals surface area (Å²) < 4.78 is 1.95. The van der Waals surface area contributed by atoms with Crippen molar-refractivity contribution in [2.75, 3.05) is 0 Å². The largest absolute Gasteiger partial charge is 0.387 e. The SMILES string of the molecule is CCn1nc(C)cc1CC(O)c1cccs1. The number of thiophene rings is 1. The third-order valence-electron chi connectivity index (χ3n) is 2.56. The van der Waals surface area contributed by atoms with Gasteiger partial charge in [0.25, 0.3) is 0 Å². The average Bonchev–Trinajstić information content (AvgIpc) is 2.87. The number of aliphatic hydroxyl groups excluding tert-OH is 1. The van der Waals surface area contributed by atoms with Crippen LogP contribution in [0.5, 0.6) is 0 Å². The third-order valence-corrected chi connectivity index (χ3v) is 3.53. The van der Waals surface area contributed by atoms with Crippen molar-refractivity contribution >= 4 is 11.3 Å². The van der Waals surface area contributed by atoms with E-state index < -0.39 is 6.10 Å². The minimum Gasteiger partial charge on any atom is -0.387 e. The quantitative estimate of drug-likeness (QED) is 0.886. The van der Waals surface area contributed by atoms with E-state index in [0.717, 1.165) is 22.8 Å². The monoisotopic (exact) mass is 236 g/mol. The summed E-state index contributed by atoms with van der Waals surface area (Å²) in [6, 6.07) is 5.97. The molecule has 1 atom stereocenters. The molecule has 0 bridgehead atoms. The van der Waals surface area contributed by atoms with Crippen molar-refractivity contribution in [1.82, 2.24) is 9.78 Å². The van der Waals surface area contributed by atoms with Crippen LogP contribution in [0.15, 0.2) is 23.6 Å². The molecule has 1 unspecified atom stereocenters. The zero-order valence-corrected chi connectivity index (χ0v) is 10.4. The maximum Gasteiger partial charge on any atom is 0.0937 e. The van der Waals surface area contributed by atoms with Crippen molar-refractivity contribution < 1.29 is 5.11 Å². The molecule has 0 aliphatic heterocycles. The van der Waals surface area contributed by atoms with Crippen LogP contribution in [0.3, 0.4) is 0 Å². The highest BCUT2D eigenvalue weighted by Crippen LogP contribution is 2.22. The maximum atomic E-state index is 10.1. The van der Waals surface area contributed by atoms with Gasteiger partial charge < -0.3 is 5.11 Å². The summed E-state index contributed by atoms with van der Waals surface area (Å²) in [5, 5.41) is 16.4. The van der Waals surface area contributed by atoms with Crippen LogP contribution in [0.1, 0.15) is 29.3 Å². The van der Waals surface area contributed by atoms with Gasteiger partial charge in [-0.3, -0.25) is 4.68 Å². The Kier molecular flexibility index (Phi) is 3.41. The molecule has 2 rings (SSSR count). The molecule has 2 aromatic heterocycles. The van der Waals surface area contributed by atoms with Gasteiger partial charge in [0.15, 0.2) is 0 Å². The Balaban J connectivity index is 2.14. The number of nitrogens with zero attached hydrogens (tertiary/aromatic N) is 2. The lowest BCUT2D eigenvalue weighted by Gasteiger charge is -2.09. The lowest BCUT2D eigenvalue weighted by Crippen LogP contribution is -2.07. The van der Waals surface area contributed by atoms with Crippen molar-refractivity contribution in [3.63, 3.8) is 0 Å². The summed E-state index contributed by atoms with van der Waals surface area (Å²) in [5.74, 6) is 0. The van der Waals surface area contributed by atoms with Gasteiger partial charge in [0, 0.05) is 23.5 Å². The van der Waals surface area contributed by atoms with Crippen molar-refractivity contribution in [2.45, 2.75) is 32.9 Å². The summed E-state index contributed by atoms with van der Waals surface area (Å²) in [6.07, 6.45) is 0.219. The second kappa shape index (κ2) is 4.80. The van der Waals surface area contributed by atoms with Gasteiger partial charge >= 0.3 is 0 Å². The van der Waals surface area contributed by atoms with Crippen LogP contribution in [-0.4, -0.2) is 14.9 Å². The first-order valence-electron chi connectivity index (χ1n) is 5.45. The molecule has 0 aromatic carbocycles. The van der Waals surface area contributed by atoms with E-state index in [1.54, 1.807) is 11.3 Å². The van der Waals surface area contributed by atoms with Gasteiger partial charge in [0.1, 0.15) is 0 Å². The van der Waals surface area contributed by atoms with Crippen molar-refractivity contribution in [3.8, 4) is 0 Å². The van der Waals surface area contributed by atoms with Gasteiger partial charge in [0.05, 0.1) is 11.8 Å². The fraction of sp³-hybridized carbons (Fsp3) is 0.417. The molecule has 16 heavy (non-hydrogen) atoms. The molecule has 0 saturated heterocycles. The van der Waals surface area contributed by atoms with Gasteiger partial charge in [-0.05, 0) is 31.4 Å². The van der Waals surface area contributed by atoms with E-state index in [-0.39, 0.29) is 0 Å². The van der Waals surface area contributed by atoms with Crippen molar-refractivity contribution in [3.05, 3.63) is 39.8 Å². The van der Waals surface area contributed by atoms with E-state index in [9.17, 15) is 5.11 Å². The summed E-state index contributed by atoms with van der Waals surface area (Å²) in [7, 11) is 0. The summed E-state index contributed by atoms with van der Waals surface area (Å²) in [4.78, 5) is 1.02. The second-order valence-electron chi connectivity index (χ2n) is 3.83. The first-order chi connectivity index (χ1) is 7.70. The Labute approximate surface area is 99.4 Å². The molecule has 0 amide bonds. The normalized spacial score (nSPS) is 12.9. The lowest BCUT2D eigenvalue weighted by molar-refractivity contribution is 0.179. The van der Waals surface area contributed by atoms with Gasteiger partial charge in [-0.1, -0.05) is 6.07 Å². The molecule has 0 fully saturated rings. The Bertz CT molecular complexity index is 448. The Morgan fingerprint density at radius 3 is 3.00 bits per heavy atom. The van der Waals surface area contributed by atoms with E-state index in [0.29, 0.717) is 6.42 Å². The van der Waals surface area contributed by atoms with E-state index in [1.807, 2.05) is 35.2 Å². The first kappa shape index (κ1) is 11.4. The van der Waals surface area contributed by atoms with Crippen molar-refractivity contribution in [2.24, 2.45) is 0 Å². The minimum absolute atomic E-state index is 0.415. The Morgan fingerprint density at radius 1 is 1.56 bits per heavy atom. The topological polar surface area (TPSA) is 38.0 Å². The van der Waals surface area contributed by atoms with E-state index >= 15 is 0 Å². The molecule has 4 heteroatoms. The number of aromatic nitrogens is 2. The molecule has 0 aliphatic carbocycles. The highest BCUT2D eigenvalue weighted by molar-refractivity contribution is 7.10. The highest BCUT2D eigenvalue weighted by Gasteiger charge is 2.13. The molecule has 0 saturated carbocycles. The van der Waals surface area contributed by atoms with E-state index in [4.69, 9.17) is 0 Å². The molecule has 1 N–H and O–H groups in total. The van der Waals surface area contributed by atoms with Crippen molar-refractivity contribution in [1.29, 1.82) is 0 Å². The molecule has 0 spiro atoms. The second-order valence-corrected chi connectivity index (χ2v) is 4.81. The molecular formula is C12H16N2OS. The highest BCUT2D eigenvalue weighted by atomic mass is 32.1. The molecule has 3 nitrogen and oxygen atoms in total. The Hall–Kier alpha value is -1.13. The summed E-state index contributed by atoms with van der Waals surface area (Å²) in [5.41, 5.74) is 2.11. The number of aliphatic hydroxyl groups is 1. The predicted molar refractivity (Wildman–Crippen MR) is 65.6 cm³/mol. The summed E-state index contributed by atoms with van der Waals surface area (Å²) in [6.45, 7) is 4.89. The van der Waals surface area contributed by atoms with Gasteiger partial charge in [-0.25, -0.2) is 0 Å². The van der Waals surface area contributed by atoms with Crippen LogP contribution in [0.25, 0.3) is 0 Å². The van der Waals surface area contributed by atoms with E-state index in [2.05, 4.69) is 12.0 Å². The van der Waals surface area contributed by atoms with Gasteiger partial charge in [-0.2, -0.15) is 5.10 Å². The van der Waals surface area contributed by atoms with E-state index in [1.165, 1.54) is 0 Å². The minimum atomic E-state index is -0.415. The van der Waals surface area contributed by atoms with Crippen LogP contribution in [0.2, 0.25) is 0 Å². The van der Waals surface area contributed by atoms with Crippen LogP contribution in [0, 0.1) is 6.92 Å². The lowest BCUT2D eigenvalue weighted by atomic mass is 10.1. The zero-order chi connectivity index (χ0) is 11.5. The first-order valence-corrected chi connectivity index (χ1v) is 6.33. The van der Waals surface area contributed by atoms with Crippen LogP contribution < -0.4 is 0 Å². The number of hydrogen-bond donors (Lipinski definition) is 1. The molecule has 0 aliphatic rings. The fourth-order valence-electron chi connectivity index (χ4n) is 1.82. The third kappa shape index (κ3) is 2.33. The number of aryl methyl sites for hydroxylation is 2. The smallest absolute Gasteiger partial charge is 0.0937 e. The van der Waals surface area contributed by atoms with Gasteiger partial charge in [-0.15, -0.1) is 11.3 Å². The standard InChI is InChI=1S/C12H16N2OS/c1-3-14-10(7-9(2)13-14)8-11(15)12-5-4-6-16-12/h4-7,11,15H,3,8H2,1-2H3. The Morgan fingerprint density at radius 2 is 2.38 bits per heavy atom. The molecule has 86 valence electrons. The molecule has 2 heterocycles. The average molecular weight is 236 g/mol. The van der Waals surface area contributed by atoms with Crippen LogP contribution >= 0.6 is 11.3 Å². The van der Waals surface area contributed by atoms with Crippen LogP contribution in [0.4, 0.5) is 0 Å². The number of hydrogen-bond acceptors (Lipinski definition) is 3. The van der Waals surface area contributed by atoms with Crippen LogP contribution in [-0.2, 0) is 13.0 Å². The van der Waals surface area contributed by atoms with Gasteiger partial charge in [0.2, 0.25) is 0 Å². The predicted octanol–water partition coefficient (Wildman–Crippen LogP) is 2.55. The number of rotatable bonds is 4. The fourth-order valence-corrected chi connectivity index (χ4v) is 2.53. The maximum absolute atomic E-state index is 10.1. The molecular weight excluding hydrogens is 220 g/mol. The zero-order valence-electron chi connectivity index (χ0n) is 9.55. The molecule has 2 aromatic rings. The summed E-state index contributed by atoms with van der Waals surface area (Å²) >= 11 is 1.59. The molecule has 0 radical (unpaired) electrons.